The van der Waals surface area contributed by atoms with E-state index in [0.29, 0.717) is 0 Å². The first kappa shape index (κ1) is 13.4. The minimum Gasteiger partial charge on any atom is -0.388 e. The highest BCUT2D eigenvalue weighted by Gasteiger charge is 2.40. The molecule has 3 heteroatoms. The average molecular weight is 270 g/mol. The van der Waals surface area contributed by atoms with Crippen molar-refractivity contribution < 1.29 is 5.11 Å². The third kappa shape index (κ3) is 2.27. The molecule has 1 fully saturated rings. The normalized spacial score (nSPS) is 19.1. The summed E-state index contributed by atoms with van der Waals surface area (Å²) in [5.41, 5.74) is 2.03. The Morgan fingerprint density at radius 1 is 1.25 bits per heavy atom. The van der Waals surface area contributed by atoms with Gasteiger partial charge in [-0.2, -0.15) is 5.10 Å². The van der Waals surface area contributed by atoms with Crippen molar-refractivity contribution >= 4 is 0 Å². The van der Waals surface area contributed by atoms with Gasteiger partial charge in [-0.3, -0.25) is 0 Å². The summed E-state index contributed by atoms with van der Waals surface area (Å²) < 4.78 is 1.84. The summed E-state index contributed by atoms with van der Waals surface area (Å²) in [4.78, 5) is 0. The van der Waals surface area contributed by atoms with Gasteiger partial charge in [-0.1, -0.05) is 38.0 Å². The number of para-hydroxylation sites is 1. The Morgan fingerprint density at radius 2 is 1.95 bits per heavy atom. The molecular weight excluding hydrogens is 248 g/mol. The lowest BCUT2D eigenvalue weighted by Gasteiger charge is -2.32. The Kier molecular flexibility index (Phi) is 3.62. The van der Waals surface area contributed by atoms with Crippen LogP contribution >= 0.6 is 0 Å². The molecule has 1 N–H and O–H groups in total. The molecule has 1 aliphatic carbocycles. The van der Waals surface area contributed by atoms with Crippen LogP contribution in [0.5, 0.6) is 0 Å². The van der Waals surface area contributed by atoms with E-state index < -0.39 is 6.10 Å². The van der Waals surface area contributed by atoms with Gasteiger partial charge in [0, 0.05) is 17.2 Å². The molecule has 0 radical (unpaired) electrons. The molecule has 3 rings (SSSR count). The van der Waals surface area contributed by atoms with E-state index in [2.05, 4.69) is 12.0 Å². The second-order valence-electron chi connectivity index (χ2n) is 5.88. The molecule has 3 nitrogen and oxygen atoms in total. The summed E-state index contributed by atoms with van der Waals surface area (Å²) in [5.74, 6) is 0. The smallest absolute Gasteiger partial charge is 0.0876 e. The zero-order valence-corrected chi connectivity index (χ0v) is 12.0. The summed E-state index contributed by atoms with van der Waals surface area (Å²) in [6.45, 7) is 2.19. The highest BCUT2D eigenvalue weighted by atomic mass is 16.3. The van der Waals surface area contributed by atoms with Crippen LogP contribution in [0.2, 0.25) is 0 Å². The van der Waals surface area contributed by atoms with Gasteiger partial charge in [-0.05, 0) is 31.4 Å². The maximum atomic E-state index is 10.8. The van der Waals surface area contributed by atoms with Gasteiger partial charge in [0.25, 0.3) is 0 Å². The molecule has 1 aromatic carbocycles. The van der Waals surface area contributed by atoms with Crippen molar-refractivity contribution in [1.82, 2.24) is 9.78 Å². The quantitative estimate of drug-likeness (QED) is 0.915. The molecule has 1 aromatic heterocycles. The molecule has 1 unspecified atom stereocenters. The fraction of sp³-hybridized carbons (Fsp3) is 0.471. The highest BCUT2D eigenvalue weighted by molar-refractivity contribution is 5.31. The van der Waals surface area contributed by atoms with E-state index >= 15 is 0 Å². The fourth-order valence-corrected chi connectivity index (χ4v) is 3.45. The molecule has 1 saturated carbocycles. The van der Waals surface area contributed by atoms with Crippen molar-refractivity contribution in [1.29, 1.82) is 0 Å². The van der Waals surface area contributed by atoms with E-state index in [9.17, 15) is 5.11 Å². The lowest BCUT2D eigenvalue weighted by Crippen LogP contribution is -2.24. The lowest BCUT2D eigenvalue weighted by molar-refractivity contribution is 0.0237. The first-order chi connectivity index (χ1) is 9.75. The van der Waals surface area contributed by atoms with Crippen molar-refractivity contribution in [3.8, 4) is 5.69 Å². The topological polar surface area (TPSA) is 38.1 Å². The maximum absolute atomic E-state index is 10.8. The zero-order valence-electron chi connectivity index (χ0n) is 12.0. The highest BCUT2D eigenvalue weighted by Crippen LogP contribution is 2.49. The minimum absolute atomic E-state index is 0.0601. The van der Waals surface area contributed by atoms with Crippen LogP contribution in [0.15, 0.2) is 42.7 Å². The summed E-state index contributed by atoms with van der Waals surface area (Å²) in [6, 6.07) is 10.0. The summed E-state index contributed by atoms with van der Waals surface area (Å²) in [6.07, 6.45) is 9.14. The molecule has 0 aliphatic heterocycles. The van der Waals surface area contributed by atoms with Gasteiger partial charge in [0.05, 0.1) is 18.0 Å². The van der Waals surface area contributed by atoms with Crippen LogP contribution in [0.25, 0.3) is 5.69 Å². The molecule has 0 amide bonds. The largest absolute Gasteiger partial charge is 0.388 e. The molecule has 1 heterocycles. The summed E-state index contributed by atoms with van der Waals surface area (Å²) >= 11 is 0. The van der Waals surface area contributed by atoms with Crippen molar-refractivity contribution in [2.24, 2.45) is 5.41 Å². The van der Waals surface area contributed by atoms with Crippen LogP contribution in [-0.2, 0) is 0 Å². The first-order valence-corrected chi connectivity index (χ1v) is 7.53. The number of aliphatic hydroxyl groups is 1. The van der Waals surface area contributed by atoms with Crippen LogP contribution in [0.3, 0.4) is 0 Å². The number of hydrogen-bond donors (Lipinski definition) is 1. The third-order valence-electron chi connectivity index (χ3n) is 4.82. The lowest BCUT2D eigenvalue weighted by atomic mass is 9.76. The Bertz CT molecular complexity index is 555. The van der Waals surface area contributed by atoms with Crippen LogP contribution in [0.1, 0.15) is 50.7 Å². The first-order valence-electron chi connectivity index (χ1n) is 7.53. The molecule has 106 valence electrons. The number of nitrogens with zero attached hydrogens (tertiary/aromatic N) is 2. The Morgan fingerprint density at radius 3 is 2.60 bits per heavy atom. The number of hydrogen-bond acceptors (Lipinski definition) is 2. The average Bonchev–Trinajstić information content (AvgIpc) is 3.17. The van der Waals surface area contributed by atoms with Crippen molar-refractivity contribution in [3.05, 3.63) is 48.3 Å². The molecule has 2 aromatic rings. The van der Waals surface area contributed by atoms with E-state index in [0.717, 1.165) is 30.5 Å². The fourth-order valence-electron chi connectivity index (χ4n) is 3.45. The molecule has 0 bridgehead atoms. The van der Waals surface area contributed by atoms with E-state index in [1.54, 1.807) is 0 Å². The summed E-state index contributed by atoms with van der Waals surface area (Å²) in [7, 11) is 0. The van der Waals surface area contributed by atoms with Gasteiger partial charge in [0.15, 0.2) is 0 Å². The van der Waals surface area contributed by atoms with Crippen molar-refractivity contribution in [2.75, 3.05) is 0 Å². The number of benzene rings is 1. The molecule has 1 aliphatic rings. The Hall–Kier alpha value is -1.61. The van der Waals surface area contributed by atoms with E-state index in [4.69, 9.17) is 0 Å². The van der Waals surface area contributed by atoms with Gasteiger partial charge in [0.2, 0.25) is 0 Å². The molecule has 0 spiro atoms. The van der Waals surface area contributed by atoms with Gasteiger partial charge in [-0.25, -0.2) is 4.68 Å². The van der Waals surface area contributed by atoms with Crippen molar-refractivity contribution in [3.63, 3.8) is 0 Å². The van der Waals surface area contributed by atoms with Gasteiger partial charge in [0.1, 0.15) is 0 Å². The molecule has 1 atom stereocenters. The Balaban J connectivity index is 1.86. The summed E-state index contributed by atoms with van der Waals surface area (Å²) in [5, 5.41) is 15.2. The monoisotopic (exact) mass is 270 g/mol. The zero-order chi connectivity index (χ0) is 14.0. The number of aromatic nitrogens is 2. The van der Waals surface area contributed by atoms with Crippen LogP contribution in [0.4, 0.5) is 0 Å². The van der Waals surface area contributed by atoms with E-state index in [-0.39, 0.29) is 5.41 Å². The molecule has 20 heavy (non-hydrogen) atoms. The number of aliphatic hydroxyl groups excluding tert-OH is 1. The van der Waals surface area contributed by atoms with Crippen LogP contribution in [-0.4, -0.2) is 14.9 Å². The SMILES string of the molecule is CCC1(C(O)c2cnn(-c3ccccc3)c2)CCCC1. The molecular formula is C17H22N2O. The Labute approximate surface area is 120 Å². The van der Waals surface area contributed by atoms with E-state index in [1.165, 1.54) is 12.8 Å². The predicted octanol–water partition coefficient (Wildman–Crippen LogP) is 3.88. The van der Waals surface area contributed by atoms with Crippen LogP contribution < -0.4 is 0 Å². The van der Waals surface area contributed by atoms with Crippen molar-refractivity contribution in [2.45, 2.75) is 45.1 Å². The van der Waals surface area contributed by atoms with Gasteiger partial charge >= 0.3 is 0 Å². The van der Waals surface area contributed by atoms with Gasteiger partial charge < -0.3 is 5.11 Å². The maximum Gasteiger partial charge on any atom is 0.0876 e. The van der Waals surface area contributed by atoms with Crippen LogP contribution in [0, 0.1) is 5.41 Å². The predicted molar refractivity (Wildman–Crippen MR) is 79.7 cm³/mol. The molecule has 0 saturated heterocycles. The van der Waals surface area contributed by atoms with E-state index in [1.807, 2.05) is 47.4 Å². The third-order valence-corrected chi connectivity index (χ3v) is 4.82. The van der Waals surface area contributed by atoms with Gasteiger partial charge in [-0.15, -0.1) is 0 Å². The second kappa shape index (κ2) is 5.41. The minimum atomic E-state index is -0.396. The standard InChI is InChI=1S/C17H22N2O/c1-2-17(10-6-7-11-17)16(20)14-12-18-19(13-14)15-8-4-3-5-9-15/h3-5,8-9,12-13,16,20H,2,6-7,10-11H2,1H3. The second-order valence-corrected chi connectivity index (χ2v) is 5.88. The number of rotatable bonds is 4.